The number of carbonyl (C=O) groups excluding carboxylic acids is 1. The fourth-order valence-electron chi connectivity index (χ4n) is 0.980. The number of aliphatic carboxylic acids is 1. The number of thioether (sulfide) groups is 1. The third-order valence-corrected chi connectivity index (χ3v) is 2.48. The van der Waals surface area contributed by atoms with Crippen LogP contribution in [0.4, 0.5) is 0 Å². The molecule has 0 amide bonds. The summed E-state index contributed by atoms with van der Waals surface area (Å²) in [4.78, 5) is 24.9. The molecule has 14 heavy (non-hydrogen) atoms. The zero-order valence-electron chi connectivity index (χ0n) is 6.93. The Balaban J connectivity index is 2.32. The third kappa shape index (κ3) is 1.67. The molecule has 0 aromatic carbocycles. The van der Waals surface area contributed by atoms with Gasteiger partial charge in [0, 0.05) is 5.75 Å². The minimum absolute atomic E-state index is 0.134. The first-order chi connectivity index (χ1) is 6.77. The lowest BCUT2D eigenvalue weighted by molar-refractivity contribution is -0.301. The first-order valence-corrected chi connectivity index (χ1v) is 4.72. The fourth-order valence-corrected chi connectivity index (χ4v) is 1.65. The second-order valence-corrected chi connectivity index (χ2v) is 3.40. The zero-order valence-corrected chi connectivity index (χ0v) is 7.74. The highest BCUT2D eigenvalue weighted by Gasteiger charge is 2.05. The summed E-state index contributed by atoms with van der Waals surface area (Å²) in [5.41, 5.74) is 1.18. The molecule has 0 spiro atoms. The number of H-pyrrole nitrogens is 1. The summed E-state index contributed by atoms with van der Waals surface area (Å²) in [7, 11) is 0. The second-order valence-electron chi connectivity index (χ2n) is 2.44. The molecule has 0 saturated heterocycles. The number of carbonyl (C=O) groups is 1. The van der Waals surface area contributed by atoms with E-state index in [4.69, 9.17) is 0 Å². The molecule has 0 radical (unpaired) electrons. The van der Waals surface area contributed by atoms with Gasteiger partial charge in [-0.2, -0.15) is 0 Å². The monoisotopic (exact) mass is 209 g/mol. The van der Waals surface area contributed by atoms with E-state index in [9.17, 15) is 9.90 Å². The smallest absolute Gasteiger partial charge is 0.181 e. The predicted octanol–water partition coefficient (Wildman–Crippen LogP) is -0.805. The highest BCUT2D eigenvalue weighted by atomic mass is 32.2. The third-order valence-electron chi connectivity index (χ3n) is 1.51. The van der Waals surface area contributed by atoms with Gasteiger partial charge >= 0.3 is 0 Å². The van der Waals surface area contributed by atoms with Crippen molar-refractivity contribution in [3.8, 4) is 0 Å². The number of hydrogen-bond acceptors (Lipinski definition) is 6. The number of aromatic amines is 1. The molecule has 2 aromatic heterocycles. The van der Waals surface area contributed by atoms with Crippen LogP contribution in [0, 0.1) is 0 Å². The Morgan fingerprint density at radius 2 is 2.36 bits per heavy atom. The van der Waals surface area contributed by atoms with Crippen molar-refractivity contribution in [2.24, 2.45) is 0 Å². The van der Waals surface area contributed by atoms with Crippen molar-refractivity contribution in [3.63, 3.8) is 0 Å². The van der Waals surface area contributed by atoms with Crippen LogP contribution < -0.4 is 5.11 Å². The van der Waals surface area contributed by atoms with Gasteiger partial charge in [0.15, 0.2) is 5.65 Å². The lowest BCUT2D eigenvalue weighted by Gasteiger charge is -2.01. The van der Waals surface area contributed by atoms with Crippen LogP contribution in [-0.4, -0.2) is 31.7 Å². The fraction of sp³-hybridized carbons (Fsp3) is 0.143. The highest BCUT2D eigenvalue weighted by molar-refractivity contribution is 8.00. The Morgan fingerprint density at radius 1 is 1.50 bits per heavy atom. The minimum atomic E-state index is -1.12. The molecule has 0 aliphatic rings. The summed E-state index contributed by atoms with van der Waals surface area (Å²) >= 11 is 1.08. The summed E-state index contributed by atoms with van der Waals surface area (Å²) in [6.07, 6.45) is 2.84. The van der Waals surface area contributed by atoms with Gasteiger partial charge in [-0.3, -0.25) is 0 Å². The molecule has 0 saturated carbocycles. The molecule has 0 unspecified atom stereocenters. The molecular weight excluding hydrogens is 204 g/mol. The van der Waals surface area contributed by atoms with Crippen molar-refractivity contribution in [2.75, 3.05) is 5.75 Å². The average molecular weight is 209 g/mol. The van der Waals surface area contributed by atoms with Gasteiger partial charge in [0.2, 0.25) is 0 Å². The van der Waals surface area contributed by atoms with Gasteiger partial charge in [-0.25, -0.2) is 15.0 Å². The van der Waals surface area contributed by atoms with Crippen molar-refractivity contribution in [3.05, 3.63) is 12.7 Å². The molecule has 0 bridgehead atoms. The van der Waals surface area contributed by atoms with Gasteiger partial charge in [0.05, 0.1) is 12.3 Å². The normalized spacial score (nSPS) is 10.6. The lowest BCUT2D eigenvalue weighted by atomic mass is 10.6. The van der Waals surface area contributed by atoms with Gasteiger partial charge in [0.25, 0.3) is 0 Å². The predicted molar refractivity (Wildman–Crippen MR) is 47.4 cm³/mol. The van der Waals surface area contributed by atoms with Crippen LogP contribution in [0.5, 0.6) is 0 Å². The molecule has 7 heteroatoms. The molecule has 6 nitrogen and oxygen atoms in total. The van der Waals surface area contributed by atoms with Crippen LogP contribution in [0.1, 0.15) is 0 Å². The second kappa shape index (κ2) is 3.62. The maximum absolute atomic E-state index is 10.2. The van der Waals surface area contributed by atoms with Crippen molar-refractivity contribution in [1.29, 1.82) is 0 Å². The Morgan fingerprint density at radius 3 is 3.14 bits per heavy atom. The number of carboxylic acid groups (broad SMARTS) is 1. The molecule has 2 rings (SSSR count). The van der Waals surface area contributed by atoms with Crippen LogP contribution in [0.25, 0.3) is 11.2 Å². The van der Waals surface area contributed by atoms with Crippen LogP contribution >= 0.6 is 11.8 Å². The maximum Gasteiger partial charge on any atom is 0.181 e. The topological polar surface area (TPSA) is 94.6 Å². The van der Waals surface area contributed by atoms with Crippen LogP contribution in [0.2, 0.25) is 0 Å². The number of aromatic nitrogens is 4. The van der Waals surface area contributed by atoms with Crippen molar-refractivity contribution >= 4 is 28.9 Å². The minimum Gasteiger partial charge on any atom is -0.549 e. The number of carboxylic acids is 1. The van der Waals surface area contributed by atoms with Gasteiger partial charge in [-0.15, -0.1) is 0 Å². The van der Waals surface area contributed by atoms with Gasteiger partial charge in [-0.05, 0) is 0 Å². The SMILES string of the molecule is O=C([O-])CSc1ncnc2nc[nH]c12. The number of nitrogens with zero attached hydrogens (tertiary/aromatic N) is 3. The maximum atomic E-state index is 10.2. The van der Waals surface area contributed by atoms with Crippen LogP contribution in [0.3, 0.4) is 0 Å². The van der Waals surface area contributed by atoms with Gasteiger partial charge in [0.1, 0.15) is 16.9 Å². The molecule has 2 aromatic rings. The number of nitrogens with one attached hydrogen (secondary N) is 1. The Hall–Kier alpha value is -1.63. The van der Waals surface area contributed by atoms with E-state index in [0.29, 0.717) is 16.2 Å². The van der Waals surface area contributed by atoms with Crippen molar-refractivity contribution in [2.45, 2.75) is 5.03 Å². The van der Waals surface area contributed by atoms with Crippen molar-refractivity contribution in [1.82, 2.24) is 19.9 Å². The molecule has 72 valence electrons. The van der Waals surface area contributed by atoms with Crippen LogP contribution in [-0.2, 0) is 4.79 Å². The van der Waals surface area contributed by atoms with Crippen LogP contribution in [0.15, 0.2) is 17.7 Å². The zero-order chi connectivity index (χ0) is 9.97. The molecule has 0 aliphatic carbocycles. The Bertz CT molecular complexity index is 469. The highest BCUT2D eigenvalue weighted by Crippen LogP contribution is 2.20. The summed E-state index contributed by atoms with van der Waals surface area (Å²) in [5.74, 6) is -1.26. The van der Waals surface area contributed by atoms with E-state index in [1.54, 1.807) is 0 Å². The van der Waals surface area contributed by atoms with Crippen molar-refractivity contribution < 1.29 is 9.90 Å². The van der Waals surface area contributed by atoms with E-state index in [2.05, 4.69) is 19.9 Å². The molecule has 0 atom stereocenters. The van der Waals surface area contributed by atoms with E-state index in [1.165, 1.54) is 12.7 Å². The van der Waals surface area contributed by atoms with E-state index in [1.807, 2.05) is 0 Å². The van der Waals surface area contributed by atoms with Gasteiger partial charge in [-0.1, -0.05) is 11.8 Å². The Labute approximate surface area is 82.8 Å². The summed E-state index contributed by atoms with van der Waals surface area (Å²) < 4.78 is 0. The average Bonchev–Trinajstić information content (AvgIpc) is 2.62. The van der Waals surface area contributed by atoms with E-state index in [-0.39, 0.29) is 5.75 Å². The van der Waals surface area contributed by atoms with E-state index < -0.39 is 5.97 Å². The first-order valence-electron chi connectivity index (χ1n) is 3.74. The number of rotatable bonds is 3. The standard InChI is InChI=1S/C7H6N4O2S/c12-4(13)1-14-7-5-6(9-2-8-5)10-3-11-7/h2-3H,1H2,(H,12,13)(H,8,9,10,11)/p-1. The van der Waals surface area contributed by atoms with E-state index in [0.717, 1.165) is 11.8 Å². The molecule has 2 heterocycles. The van der Waals surface area contributed by atoms with Gasteiger partial charge < -0.3 is 14.9 Å². The number of hydrogen-bond donors (Lipinski definition) is 1. The number of imidazole rings is 1. The quantitative estimate of drug-likeness (QED) is 0.525. The molecule has 0 fully saturated rings. The number of fused-ring (bicyclic) bond motifs is 1. The molecule has 0 aliphatic heterocycles. The molecule has 1 N–H and O–H groups in total. The molecular formula is C7H5N4O2S-. The summed E-state index contributed by atoms with van der Waals surface area (Å²) in [6, 6.07) is 0. The lowest BCUT2D eigenvalue weighted by Crippen LogP contribution is -2.24. The Kier molecular flexibility index (Phi) is 2.32. The summed E-state index contributed by atoms with van der Waals surface area (Å²) in [6.45, 7) is 0. The van der Waals surface area contributed by atoms with E-state index >= 15 is 0 Å². The largest absolute Gasteiger partial charge is 0.549 e. The summed E-state index contributed by atoms with van der Waals surface area (Å²) in [5, 5.41) is 10.8. The first kappa shape index (κ1) is 8.95.